The summed E-state index contributed by atoms with van der Waals surface area (Å²) < 4.78 is 38.5. The molecule has 9 heteroatoms. The monoisotopic (exact) mass is 335 g/mol. The average Bonchev–Trinajstić information content (AvgIpc) is 2.41. The average molecular weight is 336 g/mol. The van der Waals surface area contributed by atoms with Crippen molar-refractivity contribution in [2.45, 2.75) is 6.18 Å². The molecular weight excluding hydrogens is 330 g/mol. The molecule has 110 valence electrons. The number of aromatic nitrogens is 2. The van der Waals surface area contributed by atoms with Crippen molar-refractivity contribution in [2.24, 2.45) is 0 Å². The van der Waals surface area contributed by atoms with Crippen LogP contribution < -0.4 is 5.32 Å². The van der Waals surface area contributed by atoms with Gasteiger partial charge in [0.15, 0.2) is 10.3 Å². The molecule has 0 aliphatic heterocycles. The molecule has 0 aliphatic carbocycles. The third kappa shape index (κ3) is 3.62. The molecule has 1 heterocycles. The van der Waals surface area contributed by atoms with Crippen molar-refractivity contribution in [1.82, 2.24) is 10.2 Å². The Balaban J connectivity index is 2.35. The molecule has 0 unspecified atom stereocenters. The summed E-state index contributed by atoms with van der Waals surface area (Å²) in [6.07, 6.45) is -4.60. The van der Waals surface area contributed by atoms with E-state index < -0.39 is 17.6 Å². The van der Waals surface area contributed by atoms with E-state index >= 15 is 0 Å². The molecule has 0 bridgehead atoms. The van der Waals surface area contributed by atoms with Crippen molar-refractivity contribution in [3.8, 4) is 0 Å². The van der Waals surface area contributed by atoms with E-state index in [0.717, 1.165) is 18.2 Å². The minimum absolute atomic E-state index is 0.103. The third-order valence-electron chi connectivity index (χ3n) is 2.44. The van der Waals surface area contributed by atoms with Crippen LogP contribution in [0.5, 0.6) is 0 Å². The Morgan fingerprint density at radius 2 is 1.81 bits per heavy atom. The van der Waals surface area contributed by atoms with Crippen LogP contribution in [0.4, 0.5) is 18.9 Å². The van der Waals surface area contributed by atoms with Crippen molar-refractivity contribution >= 4 is 34.8 Å². The highest BCUT2D eigenvalue weighted by Crippen LogP contribution is 2.34. The largest absolute Gasteiger partial charge is 0.418 e. The normalized spacial score (nSPS) is 11.3. The second-order valence-electron chi connectivity index (χ2n) is 3.87. The number of carbonyl (C=O) groups excluding carboxylic acids is 1. The minimum Gasteiger partial charge on any atom is -0.321 e. The lowest BCUT2D eigenvalue weighted by Crippen LogP contribution is -2.17. The second kappa shape index (κ2) is 5.87. The number of benzene rings is 1. The van der Waals surface area contributed by atoms with Crippen molar-refractivity contribution in [3.63, 3.8) is 0 Å². The van der Waals surface area contributed by atoms with Crippen LogP contribution in [0.3, 0.4) is 0 Å². The van der Waals surface area contributed by atoms with Crippen molar-refractivity contribution < 1.29 is 18.0 Å². The van der Waals surface area contributed by atoms with Gasteiger partial charge in [-0.15, -0.1) is 10.2 Å². The van der Waals surface area contributed by atoms with Gasteiger partial charge in [0.25, 0.3) is 5.91 Å². The number of halogens is 5. The quantitative estimate of drug-likeness (QED) is 0.900. The smallest absolute Gasteiger partial charge is 0.321 e. The summed E-state index contributed by atoms with van der Waals surface area (Å²) in [5, 5.41) is 8.59. The van der Waals surface area contributed by atoms with Gasteiger partial charge in [-0.05, 0) is 18.2 Å². The fourth-order valence-corrected chi connectivity index (χ4v) is 1.87. The zero-order valence-corrected chi connectivity index (χ0v) is 11.6. The highest BCUT2D eigenvalue weighted by Gasteiger charge is 2.33. The summed E-state index contributed by atoms with van der Waals surface area (Å²) >= 11 is 11.2. The Bertz CT molecular complexity index is 692. The molecule has 1 aromatic heterocycles. The molecular formula is C12H6Cl2F3N3O. The Morgan fingerprint density at radius 1 is 1.14 bits per heavy atom. The molecule has 2 rings (SSSR count). The summed E-state index contributed by atoms with van der Waals surface area (Å²) in [6.45, 7) is 0. The number of carbonyl (C=O) groups is 1. The molecule has 21 heavy (non-hydrogen) atoms. The van der Waals surface area contributed by atoms with E-state index in [4.69, 9.17) is 23.2 Å². The summed E-state index contributed by atoms with van der Waals surface area (Å²) in [7, 11) is 0. The lowest BCUT2D eigenvalue weighted by molar-refractivity contribution is -0.136. The molecule has 0 atom stereocenters. The zero-order chi connectivity index (χ0) is 15.6. The Morgan fingerprint density at radius 3 is 2.48 bits per heavy atom. The number of nitrogens with one attached hydrogen (secondary N) is 1. The van der Waals surface area contributed by atoms with Gasteiger partial charge in [-0.3, -0.25) is 4.79 Å². The predicted octanol–water partition coefficient (Wildman–Crippen LogP) is 4.05. The van der Waals surface area contributed by atoms with Gasteiger partial charge in [-0.25, -0.2) is 0 Å². The highest BCUT2D eigenvalue weighted by atomic mass is 35.5. The number of anilines is 1. The number of rotatable bonds is 2. The van der Waals surface area contributed by atoms with Crippen LogP contribution in [0.15, 0.2) is 30.3 Å². The van der Waals surface area contributed by atoms with Gasteiger partial charge in [0.05, 0.1) is 16.8 Å². The Labute approximate surface area is 126 Å². The fourth-order valence-electron chi connectivity index (χ4n) is 1.54. The summed E-state index contributed by atoms with van der Waals surface area (Å²) in [4.78, 5) is 12.0. The molecule has 1 aromatic carbocycles. The fraction of sp³-hybridized carbons (Fsp3) is 0.0833. The van der Waals surface area contributed by atoms with E-state index in [1.165, 1.54) is 12.1 Å². The summed E-state index contributed by atoms with van der Waals surface area (Å²) in [5.41, 5.74) is -1.53. The first-order valence-corrected chi connectivity index (χ1v) is 6.21. The van der Waals surface area contributed by atoms with Gasteiger partial charge in [0, 0.05) is 0 Å². The van der Waals surface area contributed by atoms with Gasteiger partial charge in [-0.1, -0.05) is 35.3 Å². The maximum absolute atomic E-state index is 12.8. The van der Waals surface area contributed by atoms with Crippen LogP contribution in [0.1, 0.15) is 15.9 Å². The van der Waals surface area contributed by atoms with Crippen LogP contribution in [0.25, 0.3) is 0 Å². The van der Waals surface area contributed by atoms with Crippen LogP contribution >= 0.6 is 23.2 Å². The van der Waals surface area contributed by atoms with E-state index in [-0.39, 0.29) is 21.6 Å². The molecule has 0 aliphatic rings. The number of hydrogen-bond donors (Lipinski definition) is 1. The lowest BCUT2D eigenvalue weighted by atomic mass is 10.1. The third-order valence-corrected chi connectivity index (χ3v) is 2.91. The van der Waals surface area contributed by atoms with Crippen LogP contribution in [0, 0.1) is 0 Å². The maximum Gasteiger partial charge on any atom is 0.418 e. The van der Waals surface area contributed by atoms with Gasteiger partial charge >= 0.3 is 6.18 Å². The highest BCUT2D eigenvalue weighted by molar-refractivity contribution is 6.34. The van der Waals surface area contributed by atoms with Crippen molar-refractivity contribution in [1.29, 1.82) is 0 Å². The first kappa shape index (κ1) is 15.5. The molecule has 2 aromatic rings. The first-order chi connectivity index (χ1) is 9.79. The zero-order valence-electron chi connectivity index (χ0n) is 10.1. The second-order valence-corrected chi connectivity index (χ2v) is 4.61. The topological polar surface area (TPSA) is 54.9 Å². The summed E-state index contributed by atoms with van der Waals surface area (Å²) in [6, 6.07) is 5.68. The number of alkyl halides is 3. The Kier molecular flexibility index (Phi) is 4.34. The molecule has 0 radical (unpaired) electrons. The van der Waals surface area contributed by atoms with E-state index in [0.29, 0.717) is 0 Å². The van der Waals surface area contributed by atoms with Crippen LogP contribution in [-0.2, 0) is 6.18 Å². The van der Waals surface area contributed by atoms with Gasteiger partial charge < -0.3 is 5.32 Å². The van der Waals surface area contributed by atoms with E-state index in [9.17, 15) is 18.0 Å². The SMILES string of the molecule is O=C(Nc1ccccc1C(F)(F)F)c1cc(Cl)nnc1Cl. The van der Waals surface area contributed by atoms with Gasteiger partial charge in [-0.2, -0.15) is 13.2 Å². The number of para-hydroxylation sites is 1. The van der Waals surface area contributed by atoms with E-state index in [1.54, 1.807) is 0 Å². The number of hydrogen-bond acceptors (Lipinski definition) is 3. The van der Waals surface area contributed by atoms with Crippen LogP contribution in [0.2, 0.25) is 10.3 Å². The standard InChI is InChI=1S/C12H6Cl2F3N3O/c13-9-5-6(10(14)20-19-9)11(21)18-8-4-2-1-3-7(8)12(15,16)17/h1-5H,(H,18,21). The number of amides is 1. The number of nitrogens with zero attached hydrogens (tertiary/aromatic N) is 2. The van der Waals surface area contributed by atoms with Crippen molar-refractivity contribution in [2.75, 3.05) is 5.32 Å². The molecule has 0 fully saturated rings. The minimum atomic E-state index is -4.60. The van der Waals surface area contributed by atoms with Crippen molar-refractivity contribution in [3.05, 3.63) is 51.8 Å². The predicted molar refractivity (Wildman–Crippen MR) is 71.4 cm³/mol. The molecule has 1 amide bonds. The molecule has 0 saturated carbocycles. The van der Waals surface area contributed by atoms with Gasteiger partial charge in [0.2, 0.25) is 0 Å². The molecule has 4 nitrogen and oxygen atoms in total. The lowest BCUT2D eigenvalue weighted by Gasteiger charge is -2.13. The molecule has 1 N–H and O–H groups in total. The molecule has 0 saturated heterocycles. The first-order valence-electron chi connectivity index (χ1n) is 5.45. The summed E-state index contributed by atoms with van der Waals surface area (Å²) in [5.74, 6) is -0.867. The molecule has 0 spiro atoms. The Hall–Kier alpha value is -1.86. The maximum atomic E-state index is 12.8. The van der Waals surface area contributed by atoms with Gasteiger partial charge in [0.1, 0.15) is 0 Å². The van der Waals surface area contributed by atoms with E-state index in [2.05, 4.69) is 15.5 Å². The van der Waals surface area contributed by atoms with Crippen LogP contribution in [-0.4, -0.2) is 16.1 Å². The van der Waals surface area contributed by atoms with E-state index in [1.807, 2.05) is 0 Å².